The third-order valence-electron chi connectivity index (χ3n) is 4.00. The molecular weight excluding hydrogens is 346 g/mol. The minimum atomic E-state index is -0.231. The van der Waals surface area contributed by atoms with Crippen molar-refractivity contribution in [3.8, 4) is 23.0 Å². The summed E-state index contributed by atoms with van der Waals surface area (Å²) in [6, 6.07) is 12.9. The predicted octanol–water partition coefficient (Wildman–Crippen LogP) is 3.03. The average molecular weight is 367 g/mol. The molecule has 1 N–H and O–H groups in total. The van der Waals surface area contributed by atoms with E-state index in [0.29, 0.717) is 41.8 Å². The number of hydrogen-bond donors (Lipinski definition) is 1. The van der Waals surface area contributed by atoms with Crippen LogP contribution in [0.25, 0.3) is 11.5 Å². The number of rotatable bonds is 7. The van der Waals surface area contributed by atoms with Gasteiger partial charge in [0.2, 0.25) is 11.8 Å². The summed E-state index contributed by atoms with van der Waals surface area (Å²) in [5.74, 6) is 1.81. The molecule has 3 aromatic rings. The molecule has 0 unspecified atom stereocenters. The number of nitrogens with one attached hydrogen (secondary N) is 1. The molecule has 0 bridgehead atoms. The Morgan fingerprint density at radius 2 is 1.70 bits per heavy atom. The monoisotopic (exact) mass is 367 g/mol. The lowest BCUT2D eigenvalue weighted by atomic mass is 10.1. The van der Waals surface area contributed by atoms with Gasteiger partial charge in [-0.25, -0.2) is 0 Å². The van der Waals surface area contributed by atoms with Crippen molar-refractivity contribution < 1.29 is 18.7 Å². The summed E-state index contributed by atoms with van der Waals surface area (Å²) < 4.78 is 16.0. The summed E-state index contributed by atoms with van der Waals surface area (Å²) in [5.41, 5.74) is 2.49. The van der Waals surface area contributed by atoms with Gasteiger partial charge in [-0.15, -0.1) is 10.2 Å². The Morgan fingerprint density at radius 1 is 1.04 bits per heavy atom. The van der Waals surface area contributed by atoms with Gasteiger partial charge < -0.3 is 19.2 Å². The minimum absolute atomic E-state index is 0.231. The third kappa shape index (κ3) is 4.63. The molecule has 1 heterocycles. The van der Waals surface area contributed by atoms with Crippen molar-refractivity contribution in [1.82, 2.24) is 15.5 Å². The molecule has 0 atom stereocenters. The largest absolute Gasteiger partial charge is 0.497 e. The smallest absolute Gasteiger partial charge is 0.251 e. The van der Waals surface area contributed by atoms with E-state index in [1.165, 1.54) is 14.2 Å². The average Bonchev–Trinajstić information content (AvgIpc) is 3.16. The maximum Gasteiger partial charge on any atom is 0.251 e. The van der Waals surface area contributed by atoms with Crippen LogP contribution < -0.4 is 14.8 Å². The molecule has 0 spiro atoms. The molecule has 7 nitrogen and oxygen atoms in total. The fraction of sp³-hybridized carbons (Fsp3) is 0.250. The maximum atomic E-state index is 12.3. The van der Waals surface area contributed by atoms with Crippen LogP contribution in [0.4, 0.5) is 0 Å². The lowest BCUT2D eigenvalue weighted by Crippen LogP contribution is -2.25. The highest BCUT2D eigenvalue weighted by Crippen LogP contribution is 2.22. The molecular formula is C20H21N3O4. The van der Waals surface area contributed by atoms with E-state index in [9.17, 15) is 4.79 Å². The zero-order valence-electron chi connectivity index (χ0n) is 15.5. The first-order chi connectivity index (χ1) is 13.1. The van der Waals surface area contributed by atoms with Crippen molar-refractivity contribution in [3.63, 3.8) is 0 Å². The molecule has 0 aliphatic heterocycles. The van der Waals surface area contributed by atoms with E-state index in [2.05, 4.69) is 15.5 Å². The molecule has 0 saturated heterocycles. The Kier molecular flexibility index (Phi) is 5.71. The van der Waals surface area contributed by atoms with Crippen LogP contribution >= 0.6 is 0 Å². The van der Waals surface area contributed by atoms with E-state index in [0.717, 1.165) is 11.1 Å². The molecule has 0 fully saturated rings. The Hall–Kier alpha value is -3.35. The third-order valence-corrected chi connectivity index (χ3v) is 4.00. The van der Waals surface area contributed by atoms with Crippen LogP contribution in [0.2, 0.25) is 0 Å². The second kappa shape index (κ2) is 8.35. The van der Waals surface area contributed by atoms with Gasteiger partial charge in [-0.2, -0.15) is 0 Å². The quantitative estimate of drug-likeness (QED) is 0.691. The summed E-state index contributed by atoms with van der Waals surface area (Å²) in [7, 11) is 3.08. The number of hydrogen-bond acceptors (Lipinski definition) is 6. The summed E-state index contributed by atoms with van der Waals surface area (Å²) in [4.78, 5) is 12.3. The Balaban J connectivity index is 1.58. The number of benzene rings is 2. The Labute approximate surface area is 157 Å². The van der Waals surface area contributed by atoms with Crippen molar-refractivity contribution in [3.05, 3.63) is 59.5 Å². The normalized spacial score (nSPS) is 10.5. The number of ether oxygens (including phenoxy) is 2. The van der Waals surface area contributed by atoms with Crippen LogP contribution in [0.15, 0.2) is 46.9 Å². The number of carbonyl (C=O) groups is 1. The molecule has 0 saturated carbocycles. The van der Waals surface area contributed by atoms with Gasteiger partial charge in [-0.1, -0.05) is 17.7 Å². The molecule has 140 valence electrons. The van der Waals surface area contributed by atoms with Gasteiger partial charge in [0, 0.05) is 30.2 Å². The van der Waals surface area contributed by atoms with Crippen molar-refractivity contribution in [2.24, 2.45) is 0 Å². The number of aryl methyl sites for hydroxylation is 1. The molecule has 1 amide bonds. The van der Waals surface area contributed by atoms with Gasteiger partial charge in [0.15, 0.2) is 0 Å². The molecule has 0 aliphatic rings. The zero-order valence-corrected chi connectivity index (χ0v) is 15.5. The predicted molar refractivity (Wildman–Crippen MR) is 100 cm³/mol. The minimum Gasteiger partial charge on any atom is -0.497 e. The number of aromatic nitrogens is 2. The lowest BCUT2D eigenvalue weighted by Gasteiger charge is -2.08. The molecule has 1 aromatic heterocycles. The van der Waals surface area contributed by atoms with Crippen molar-refractivity contribution in [2.45, 2.75) is 13.3 Å². The molecule has 27 heavy (non-hydrogen) atoms. The summed E-state index contributed by atoms with van der Waals surface area (Å²) in [5, 5.41) is 10.9. The van der Waals surface area contributed by atoms with Crippen LogP contribution in [0.5, 0.6) is 11.5 Å². The highest BCUT2D eigenvalue weighted by molar-refractivity contribution is 5.95. The summed E-state index contributed by atoms with van der Waals surface area (Å²) in [6.07, 6.45) is 0.436. The summed E-state index contributed by atoms with van der Waals surface area (Å²) in [6.45, 7) is 2.39. The van der Waals surface area contributed by atoms with Gasteiger partial charge in [0.1, 0.15) is 11.5 Å². The molecule has 3 rings (SSSR count). The van der Waals surface area contributed by atoms with Crippen molar-refractivity contribution in [2.75, 3.05) is 20.8 Å². The summed E-state index contributed by atoms with van der Waals surface area (Å²) >= 11 is 0. The number of methoxy groups -OCH3 is 2. The molecule has 0 radical (unpaired) electrons. The van der Waals surface area contributed by atoms with E-state index >= 15 is 0 Å². The van der Waals surface area contributed by atoms with Gasteiger partial charge in [0.05, 0.1) is 14.2 Å². The standard InChI is InChI=1S/C20H21N3O4/c1-13-4-6-14(7-5-13)20-23-22-18(27-20)8-9-21-19(24)15-10-16(25-2)12-17(11-15)26-3/h4-7,10-12H,8-9H2,1-3H3,(H,21,24). The maximum absolute atomic E-state index is 12.3. The Morgan fingerprint density at radius 3 is 2.33 bits per heavy atom. The highest BCUT2D eigenvalue weighted by atomic mass is 16.5. The van der Waals surface area contributed by atoms with Gasteiger partial charge in [-0.3, -0.25) is 4.79 Å². The van der Waals surface area contributed by atoms with Crippen molar-refractivity contribution >= 4 is 5.91 Å². The first-order valence-corrected chi connectivity index (χ1v) is 8.49. The fourth-order valence-electron chi connectivity index (χ4n) is 2.49. The second-order valence-electron chi connectivity index (χ2n) is 5.97. The molecule has 0 aliphatic carbocycles. The molecule has 7 heteroatoms. The SMILES string of the molecule is COc1cc(OC)cc(C(=O)NCCc2nnc(-c3ccc(C)cc3)o2)c1. The zero-order chi connectivity index (χ0) is 19.2. The van der Waals surface area contributed by atoms with Gasteiger partial charge in [0.25, 0.3) is 5.91 Å². The topological polar surface area (TPSA) is 86.5 Å². The van der Waals surface area contributed by atoms with Crippen LogP contribution in [0.3, 0.4) is 0 Å². The van der Waals surface area contributed by atoms with E-state index < -0.39 is 0 Å². The van der Waals surface area contributed by atoms with E-state index in [4.69, 9.17) is 13.9 Å². The molecule has 2 aromatic carbocycles. The fourth-order valence-corrected chi connectivity index (χ4v) is 2.49. The van der Waals surface area contributed by atoms with E-state index in [1.54, 1.807) is 18.2 Å². The van der Waals surface area contributed by atoms with E-state index in [-0.39, 0.29) is 5.91 Å². The van der Waals surface area contributed by atoms with E-state index in [1.807, 2.05) is 31.2 Å². The van der Waals surface area contributed by atoms with Crippen molar-refractivity contribution in [1.29, 1.82) is 0 Å². The first-order valence-electron chi connectivity index (χ1n) is 8.49. The second-order valence-corrected chi connectivity index (χ2v) is 5.97. The lowest BCUT2D eigenvalue weighted by molar-refractivity contribution is 0.0953. The number of nitrogens with zero attached hydrogens (tertiary/aromatic N) is 2. The van der Waals surface area contributed by atoms with Gasteiger partial charge >= 0.3 is 0 Å². The van der Waals surface area contributed by atoms with Crippen LogP contribution in [-0.2, 0) is 6.42 Å². The van der Waals surface area contributed by atoms with Gasteiger partial charge in [-0.05, 0) is 31.2 Å². The number of amides is 1. The highest BCUT2D eigenvalue weighted by Gasteiger charge is 2.12. The number of carbonyl (C=O) groups excluding carboxylic acids is 1. The first kappa shape index (κ1) is 18.4. The van der Waals surface area contributed by atoms with Crippen LogP contribution in [-0.4, -0.2) is 36.9 Å². The Bertz CT molecular complexity index is 897. The van der Waals surface area contributed by atoms with Crippen LogP contribution in [0, 0.1) is 6.92 Å². The van der Waals surface area contributed by atoms with Crippen LogP contribution in [0.1, 0.15) is 21.8 Å².